The Kier molecular flexibility index (Phi) is 6.30. The molecule has 3 rings (SSSR count). The van der Waals surface area contributed by atoms with Crippen LogP contribution in [0.3, 0.4) is 0 Å². The van der Waals surface area contributed by atoms with E-state index in [1.165, 1.54) is 11.8 Å². The number of pyridine rings is 1. The Labute approximate surface area is 168 Å². The van der Waals surface area contributed by atoms with Crippen molar-refractivity contribution >= 4 is 23.4 Å². The molecule has 0 atom stereocenters. The molecular formula is C22H19N3O2S. The van der Waals surface area contributed by atoms with E-state index in [9.17, 15) is 10.1 Å². The number of thioether (sulfide) groups is 1. The largest absolute Gasteiger partial charge is 0.497 e. The zero-order valence-electron chi connectivity index (χ0n) is 15.6. The van der Waals surface area contributed by atoms with Crippen LogP contribution in [0.5, 0.6) is 5.75 Å². The van der Waals surface area contributed by atoms with E-state index in [1.54, 1.807) is 19.2 Å². The molecular weight excluding hydrogens is 370 g/mol. The van der Waals surface area contributed by atoms with Gasteiger partial charge >= 0.3 is 0 Å². The van der Waals surface area contributed by atoms with Crippen LogP contribution in [0.4, 0.5) is 5.69 Å². The van der Waals surface area contributed by atoms with E-state index < -0.39 is 0 Å². The van der Waals surface area contributed by atoms with Crippen LogP contribution in [-0.4, -0.2) is 23.8 Å². The Balaban J connectivity index is 1.74. The van der Waals surface area contributed by atoms with Crippen LogP contribution >= 0.6 is 11.8 Å². The summed E-state index contributed by atoms with van der Waals surface area (Å²) >= 11 is 1.25. The summed E-state index contributed by atoms with van der Waals surface area (Å²) in [5.41, 5.74) is 3.89. The number of ether oxygens (including phenoxy) is 1. The van der Waals surface area contributed by atoms with E-state index in [-0.39, 0.29) is 11.7 Å². The van der Waals surface area contributed by atoms with E-state index in [2.05, 4.69) is 16.4 Å². The summed E-state index contributed by atoms with van der Waals surface area (Å²) in [6, 6.07) is 20.8. The molecule has 0 aliphatic carbocycles. The SMILES string of the molecule is COc1ccc(-c2ccc(C#N)c(SCC(=O)Nc3ccccc3C)n2)cc1. The molecule has 0 saturated carbocycles. The third-order valence-electron chi connectivity index (χ3n) is 4.13. The number of amides is 1. The Morgan fingerprint density at radius 2 is 1.89 bits per heavy atom. The van der Waals surface area contributed by atoms with Gasteiger partial charge < -0.3 is 10.1 Å². The zero-order valence-corrected chi connectivity index (χ0v) is 16.4. The maximum absolute atomic E-state index is 12.3. The van der Waals surface area contributed by atoms with Gasteiger partial charge in [0.2, 0.25) is 5.91 Å². The minimum absolute atomic E-state index is 0.139. The highest BCUT2D eigenvalue weighted by molar-refractivity contribution is 8.00. The summed E-state index contributed by atoms with van der Waals surface area (Å²) in [5, 5.41) is 12.8. The standard InChI is InChI=1S/C22H19N3O2S/c1-15-5-3-4-6-19(15)24-21(26)14-28-22-17(13-23)9-12-20(25-22)16-7-10-18(27-2)11-8-16/h3-12H,14H2,1-2H3,(H,24,26). The topological polar surface area (TPSA) is 75.0 Å². The number of carbonyl (C=O) groups is 1. The summed E-state index contributed by atoms with van der Waals surface area (Å²) in [4.78, 5) is 16.9. The molecule has 1 aromatic heterocycles. The fourth-order valence-electron chi connectivity index (χ4n) is 2.59. The van der Waals surface area contributed by atoms with Crippen molar-refractivity contribution in [3.8, 4) is 23.1 Å². The van der Waals surface area contributed by atoms with Crippen molar-refractivity contribution in [2.45, 2.75) is 11.9 Å². The number of rotatable bonds is 6. The van der Waals surface area contributed by atoms with Crippen LogP contribution in [0.1, 0.15) is 11.1 Å². The number of nitrogens with zero attached hydrogens (tertiary/aromatic N) is 2. The first kappa shape index (κ1) is 19.5. The number of nitrogens with one attached hydrogen (secondary N) is 1. The van der Waals surface area contributed by atoms with E-state index in [1.807, 2.05) is 55.5 Å². The van der Waals surface area contributed by atoms with Gasteiger partial charge in [0, 0.05) is 11.3 Å². The molecule has 28 heavy (non-hydrogen) atoms. The number of nitriles is 1. The van der Waals surface area contributed by atoms with Crippen LogP contribution in [0.2, 0.25) is 0 Å². The van der Waals surface area contributed by atoms with Gasteiger partial charge in [-0.25, -0.2) is 4.98 Å². The molecule has 0 fully saturated rings. The lowest BCUT2D eigenvalue weighted by Crippen LogP contribution is -2.15. The van der Waals surface area contributed by atoms with Crippen LogP contribution in [0.25, 0.3) is 11.3 Å². The van der Waals surface area contributed by atoms with Crippen molar-refractivity contribution < 1.29 is 9.53 Å². The predicted molar refractivity (Wildman–Crippen MR) is 111 cm³/mol. The minimum atomic E-state index is -0.139. The maximum atomic E-state index is 12.3. The van der Waals surface area contributed by atoms with Crippen LogP contribution in [0.15, 0.2) is 65.7 Å². The molecule has 1 heterocycles. The molecule has 140 valence electrons. The third kappa shape index (κ3) is 4.70. The Hall–Kier alpha value is -3.30. The first-order valence-electron chi connectivity index (χ1n) is 8.64. The van der Waals surface area contributed by atoms with Crippen molar-refractivity contribution in [3.05, 3.63) is 71.8 Å². The third-order valence-corrected chi connectivity index (χ3v) is 5.12. The Morgan fingerprint density at radius 1 is 1.14 bits per heavy atom. The number of hydrogen-bond donors (Lipinski definition) is 1. The van der Waals surface area contributed by atoms with Gasteiger partial charge in [-0.05, 0) is 55.0 Å². The zero-order chi connectivity index (χ0) is 19.9. The first-order valence-corrected chi connectivity index (χ1v) is 9.63. The van der Waals surface area contributed by atoms with E-state index in [0.717, 1.165) is 28.3 Å². The average molecular weight is 389 g/mol. The van der Waals surface area contributed by atoms with E-state index in [0.29, 0.717) is 10.6 Å². The number of benzene rings is 2. The second-order valence-corrected chi connectivity index (χ2v) is 7.01. The number of carbonyl (C=O) groups excluding carboxylic acids is 1. The van der Waals surface area contributed by atoms with Gasteiger partial charge in [-0.1, -0.05) is 30.0 Å². The molecule has 2 aromatic carbocycles. The lowest BCUT2D eigenvalue weighted by molar-refractivity contribution is -0.113. The van der Waals surface area contributed by atoms with Gasteiger partial charge in [0.1, 0.15) is 16.8 Å². The number of aromatic nitrogens is 1. The number of methoxy groups -OCH3 is 1. The predicted octanol–water partition coefficient (Wildman–Crippen LogP) is 4.67. The Morgan fingerprint density at radius 3 is 2.57 bits per heavy atom. The van der Waals surface area contributed by atoms with Crippen molar-refractivity contribution in [1.29, 1.82) is 5.26 Å². The highest BCUT2D eigenvalue weighted by atomic mass is 32.2. The van der Waals surface area contributed by atoms with Gasteiger partial charge in [-0.2, -0.15) is 5.26 Å². The molecule has 0 saturated heterocycles. The highest BCUT2D eigenvalue weighted by Crippen LogP contribution is 2.26. The van der Waals surface area contributed by atoms with Gasteiger partial charge in [-0.3, -0.25) is 4.79 Å². The fourth-order valence-corrected chi connectivity index (χ4v) is 3.36. The molecule has 0 spiro atoms. The van der Waals surface area contributed by atoms with E-state index >= 15 is 0 Å². The molecule has 1 amide bonds. The normalized spacial score (nSPS) is 10.2. The molecule has 0 aliphatic rings. The molecule has 0 radical (unpaired) electrons. The van der Waals surface area contributed by atoms with Crippen molar-refractivity contribution in [2.24, 2.45) is 0 Å². The summed E-state index contributed by atoms with van der Waals surface area (Å²) < 4.78 is 5.18. The second-order valence-electron chi connectivity index (χ2n) is 6.04. The summed E-state index contributed by atoms with van der Waals surface area (Å²) in [6.45, 7) is 1.94. The number of para-hydroxylation sites is 1. The number of anilines is 1. The molecule has 1 N–H and O–H groups in total. The van der Waals surface area contributed by atoms with Crippen LogP contribution < -0.4 is 10.1 Å². The Bertz CT molecular complexity index is 1030. The van der Waals surface area contributed by atoms with Crippen molar-refractivity contribution in [2.75, 3.05) is 18.2 Å². The minimum Gasteiger partial charge on any atom is -0.497 e. The van der Waals surface area contributed by atoms with Gasteiger partial charge in [0.15, 0.2) is 0 Å². The molecule has 0 bridgehead atoms. The first-order chi connectivity index (χ1) is 13.6. The lowest BCUT2D eigenvalue weighted by atomic mass is 10.1. The van der Waals surface area contributed by atoms with Gasteiger partial charge in [-0.15, -0.1) is 0 Å². The number of aryl methyl sites for hydroxylation is 1. The van der Waals surface area contributed by atoms with Gasteiger partial charge in [0.25, 0.3) is 0 Å². The van der Waals surface area contributed by atoms with Crippen molar-refractivity contribution in [3.63, 3.8) is 0 Å². The monoisotopic (exact) mass is 389 g/mol. The van der Waals surface area contributed by atoms with Crippen LogP contribution in [-0.2, 0) is 4.79 Å². The molecule has 0 aliphatic heterocycles. The van der Waals surface area contributed by atoms with Gasteiger partial charge in [0.05, 0.1) is 24.1 Å². The molecule has 0 unspecified atom stereocenters. The summed E-state index contributed by atoms with van der Waals surface area (Å²) in [5.74, 6) is 0.793. The summed E-state index contributed by atoms with van der Waals surface area (Å²) in [6.07, 6.45) is 0. The maximum Gasteiger partial charge on any atom is 0.234 e. The van der Waals surface area contributed by atoms with E-state index in [4.69, 9.17) is 4.74 Å². The van der Waals surface area contributed by atoms with Crippen LogP contribution in [0, 0.1) is 18.3 Å². The fraction of sp³-hybridized carbons (Fsp3) is 0.136. The highest BCUT2D eigenvalue weighted by Gasteiger charge is 2.11. The molecule has 6 heteroatoms. The van der Waals surface area contributed by atoms with Crippen molar-refractivity contribution in [1.82, 2.24) is 4.98 Å². The second kappa shape index (κ2) is 9.07. The quantitative estimate of drug-likeness (QED) is 0.620. The summed E-state index contributed by atoms with van der Waals surface area (Å²) in [7, 11) is 1.62. The smallest absolute Gasteiger partial charge is 0.234 e. The average Bonchev–Trinajstić information content (AvgIpc) is 2.73. The lowest BCUT2D eigenvalue weighted by Gasteiger charge is -2.09. The molecule has 3 aromatic rings. The number of hydrogen-bond acceptors (Lipinski definition) is 5. The molecule has 5 nitrogen and oxygen atoms in total.